The van der Waals surface area contributed by atoms with Crippen LogP contribution in [0.25, 0.3) is 0 Å². The van der Waals surface area contributed by atoms with Gasteiger partial charge in [0, 0.05) is 6.42 Å². The summed E-state index contributed by atoms with van der Waals surface area (Å²) >= 11 is 0. The number of benzene rings is 2. The molecule has 0 unspecified atom stereocenters. The second-order valence-electron chi connectivity index (χ2n) is 7.34. The average molecular weight is 428 g/mol. The van der Waals surface area contributed by atoms with Crippen LogP contribution in [0.1, 0.15) is 31.4 Å². The van der Waals surface area contributed by atoms with E-state index in [9.17, 15) is 24.6 Å². The predicted molar refractivity (Wildman–Crippen MR) is 114 cm³/mol. The maximum atomic E-state index is 12.8. The SMILES string of the molecule is CC[C@@H](C)[C@@H](NC(=O)OCc1ccccc1)C(=O)N[C@@H](Cc1ccc(O)cc1)C(=O)O. The largest absolute Gasteiger partial charge is 0.508 e. The summed E-state index contributed by atoms with van der Waals surface area (Å²) in [7, 11) is 0. The van der Waals surface area contributed by atoms with Crippen LogP contribution in [0.3, 0.4) is 0 Å². The molecular weight excluding hydrogens is 400 g/mol. The quantitative estimate of drug-likeness (QED) is 0.461. The summed E-state index contributed by atoms with van der Waals surface area (Å²) in [6.45, 7) is 3.71. The highest BCUT2D eigenvalue weighted by atomic mass is 16.5. The molecule has 2 amide bonds. The van der Waals surface area contributed by atoms with Crippen molar-refractivity contribution in [2.45, 2.75) is 45.4 Å². The first kappa shape index (κ1) is 23.7. The zero-order valence-electron chi connectivity index (χ0n) is 17.6. The fraction of sp³-hybridized carbons (Fsp3) is 0.348. The van der Waals surface area contributed by atoms with Crippen molar-refractivity contribution < 1.29 is 29.3 Å². The summed E-state index contributed by atoms with van der Waals surface area (Å²) in [5, 5.41) is 24.0. The highest BCUT2D eigenvalue weighted by Crippen LogP contribution is 2.13. The van der Waals surface area contributed by atoms with Crippen molar-refractivity contribution in [3.8, 4) is 5.75 Å². The van der Waals surface area contributed by atoms with Crippen LogP contribution < -0.4 is 10.6 Å². The van der Waals surface area contributed by atoms with Gasteiger partial charge in [-0.15, -0.1) is 0 Å². The van der Waals surface area contributed by atoms with Gasteiger partial charge in [0.05, 0.1) is 0 Å². The summed E-state index contributed by atoms with van der Waals surface area (Å²) in [6, 6.07) is 13.1. The Morgan fingerprint density at radius 2 is 1.61 bits per heavy atom. The third kappa shape index (κ3) is 7.65. The number of aliphatic carboxylic acids is 1. The molecule has 0 aliphatic carbocycles. The number of carboxylic acid groups (broad SMARTS) is 1. The first-order valence-electron chi connectivity index (χ1n) is 10.1. The molecule has 3 atom stereocenters. The van der Waals surface area contributed by atoms with E-state index >= 15 is 0 Å². The summed E-state index contributed by atoms with van der Waals surface area (Å²) < 4.78 is 5.19. The van der Waals surface area contributed by atoms with E-state index in [1.807, 2.05) is 37.3 Å². The van der Waals surface area contributed by atoms with Crippen molar-refractivity contribution in [2.75, 3.05) is 0 Å². The molecule has 0 radical (unpaired) electrons. The second kappa shape index (κ2) is 11.6. The predicted octanol–water partition coefficient (Wildman–Crippen LogP) is 2.85. The molecule has 2 rings (SSSR count). The molecule has 2 aromatic rings. The molecule has 0 fully saturated rings. The van der Waals surface area contributed by atoms with Gasteiger partial charge in [-0.05, 0) is 29.2 Å². The zero-order valence-corrected chi connectivity index (χ0v) is 17.6. The lowest BCUT2D eigenvalue weighted by Gasteiger charge is -2.25. The standard InChI is InChI=1S/C23H28N2O6/c1-3-15(2)20(25-23(30)31-14-17-7-5-4-6-8-17)21(27)24-19(22(28)29)13-16-9-11-18(26)12-10-16/h4-12,15,19-20,26H,3,13-14H2,1-2H3,(H,24,27)(H,25,30)(H,28,29)/t15-,19+,20-/m1/s1. The molecule has 2 aromatic carbocycles. The minimum Gasteiger partial charge on any atom is -0.508 e. The number of aromatic hydroxyl groups is 1. The third-order valence-electron chi connectivity index (χ3n) is 4.97. The van der Waals surface area contributed by atoms with Crippen molar-refractivity contribution in [3.63, 3.8) is 0 Å². The van der Waals surface area contributed by atoms with Crippen molar-refractivity contribution in [3.05, 3.63) is 65.7 Å². The van der Waals surface area contributed by atoms with E-state index in [-0.39, 0.29) is 24.7 Å². The van der Waals surface area contributed by atoms with Crippen molar-refractivity contribution in [1.82, 2.24) is 10.6 Å². The van der Waals surface area contributed by atoms with Gasteiger partial charge in [0.1, 0.15) is 24.4 Å². The lowest BCUT2D eigenvalue weighted by molar-refractivity contribution is -0.142. The number of alkyl carbamates (subject to hydrolysis) is 1. The molecule has 0 aromatic heterocycles. The molecule has 0 saturated heterocycles. The highest BCUT2D eigenvalue weighted by molar-refractivity contribution is 5.89. The zero-order chi connectivity index (χ0) is 22.8. The van der Waals surface area contributed by atoms with Crippen LogP contribution in [-0.4, -0.2) is 40.3 Å². The molecule has 0 spiro atoms. The number of carbonyl (C=O) groups excluding carboxylic acids is 2. The van der Waals surface area contributed by atoms with E-state index in [0.717, 1.165) is 5.56 Å². The van der Waals surface area contributed by atoms with E-state index in [4.69, 9.17) is 4.74 Å². The minimum absolute atomic E-state index is 0.0348. The minimum atomic E-state index is -1.20. The summed E-state index contributed by atoms with van der Waals surface area (Å²) in [5.41, 5.74) is 1.45. The van der Waals surface area contributed by atoms with Crippen LogP contribution in [0, 0.1) is 5.92 Å². The van der Waals surface area contributed by atoms with Gasteiger partial charge in [-0.2, -0.15) is 0 Å². The summed E-state index contributed by atoms with van der Waals surface area (Å²) in [6.07, 6.45) is -0.130. The van der Waals surface area contributed by atoms with Gasteiger partial charge in [0.2, 0.25) is 5.91 Å². The van der Waals surface area contributed by atoms with Crippen LogP contribution in [0.2, 0.25) is 0 Å². The van der Waals surface area contributed by atoms with E-state index in [1.165, 1.54) is 12.1 Å². The molecule has 8 nitrogen and oxygen atoms in total. The number of phenols is 1. The molecule has 166 valence electrons. The Hall–Kier alpha value is -3.55. The van der Waals surface area contributed by atoms with Gasteiger partial charge in [-0.1, -0.05) is 62.7 Å². The Balaban J connectivity index is 2.01. The fourth-order valence-corrected chi connectivity index (χ4v) is 2.92. The fourth-order valence-electron chi connectivity index (χ4n) is 2.92. The van der Waals surface area contributed by atoms with Crippen molar-refractivity contribution >= 4 is 18.0 Å². The number of carbonyl (C=O) groups is 3. The highest BCUT2D eigenvalue weighted by Gasteiger charge is 2.30. The number of rotatable bonds is 10. The maximum Gasteiger partial charge on any atom is 0.408 e. The Morgan fingerprint density at radius 1 is 0.968 bits per heavy atom. The molecule has 0 aliphatic heterocycles. The number of phenolic OH excluding ortho intramolecular Hbond substituents is 1. The molecule has 0 saturated carbocycles. The number of ether oxygens (including phenoxy) is 1. The normalized spacial score (nSPS) is 13.5. The van der Waals surface area contributed by atoms with Gasteiger partial charge in [0.15, 0.2) is 0 Å². The van der Waals surface area contributed by atoms with Crippen molar-refractivity contribution in [1.29, 1.82) is 0 Å². The number of nitrogens with one attached hydrogen (secondary N) is 2. The first-order valence-corrected chi connectivity index (χ1v) is 10.1. The number of hydrogen-bond acceptors (Lipinski definition) is 5. The van der Waals surface area contributed by atoms with Gasteiger partial charge in [-0.3, -0.25) is 4.79 Å². The smallest absolute Gasteiger partial charge is 0.408 e. The number of amides is 2. The van der Waals surface area contributed by atoms with E-state index in [2.05, 4.69) is 10.6 Å². The van der Waals surface area contributed by atoms with E-state index < -0.39 is 30.1 Å². The summed E-state index contributed by atoms with van der Waals surface area (Å²) in [4.78, 5) is 36.7. The van der Waals surface area contributed by atoms with Gasteiger partial charge in [0.25, 0.3) is 0 Å². The monoisotopic (exact) mass is 428 g/mol. The van der Waals surface area contributed by atoms with Crippen LogP contribution in [0.4, 0.5) is 4.79 Å². The molecule has 31 heavy (non-hydrogen) atoms. The molecule has 0 aliphatic rings. The number of hydrogen-bond donors (Lipinski definition) is 4. The third-order valence-corrected chi connectivity index (χ3v) is 4.97. The lowest BCUT2D eigenvalue weighted by atomic mass is 9.97. The van der Waals surface area contributed by atoms with Crippen LogP contribution in [0.15, 0.2) is 54.6 Å². The summed E-state index contributed by atoms with van der Waals surface area (Å²) in [5.74, 6) is -1.98. The molecule has 0 bridgehead atoms. The molecular formula is C23H28N2O6. The van der Waals surface area contributed by atoms with Crippen LogP contribution in [-0.2, 0) is 27.4 Å². The Bertz CT molecular complexity index is 869. The lowest BCUT2D eigenvalue weighted by Crippen LogP contribution is -2.54. The molecule has 8 heteroatoms. The average Bonchev–Trinajstić information content (AvgIpc) is 2.77. The Morgan fingerprint density at radius 3 is 2.19 bits per heavy atom. The van der Waals surface area contributed by atoms with Gasteiger partial charge < -0.3 is 25.6 Å². The first-order chi connectivity index (χ1) is 14.8. The maximum absolute atomic E-state index is 12.8. The Kier molecular flexibility index (Phi) is 8.87. The van der Waals surface area contributed by atoms with Gasteiger partial charge in [-0.25, -0.2) is 9.59 Å². The molecule has 4 N–H and O–H groups in total. The van der Waals surface area contributed by atoms with Crippen LogP contribution in [0.5, 0.6) is 5.75 Å². The second-order valence-corrected chi connectivity index (χ2v) is 7.34. The topological polar surface area (TPSA) is 125 Å². The Labute approximate surface area is 181 Å². The van der Waals surface area contributed by atoms with E-state index in [0.29, 0.717) is 12.0 Å². The van der Waals surface area contributed by atoms with Gasteiger partial charge >= 0.3 is 12.1 Å². The van der Waals surface area contributed by atoms with Crippen LogP contribution >= 0.6 is 0 Å². The molecule has 0 heterocycles. The van der Waals surface area contributed by atoms with E-state index in [1.54, 1.807) is 19.1 Å². The van der Waals surface area contributed by atoms with Crippen molar-refractivity contribution in [2.24, 2.45) is 5.92 Å². The number of carboxylic acids is 1.